The van der Waals surface area contributed by atoms with Crippen molar-refractivity contribution in [2.75, 3.05) is 11.1 Å². The van der Waals surface area contributed by atoms with Crippen LogP contribution < -0.4 is 5.32 Å². The molecule has 0 atom stereocenters. The van der Waals surface area contributed by atoms with Crippen molar-refractivity contribution in [2.45, 2.75) is 18.6 Å². The average Bonchev–Trinajstić information content (AvgIpc) is 3.06. The topological polar surface area (TPSA) is 59.8 Å². The van der Waals surface area contributed by atoms with Gasteiger partial charge < -0.3 is 5.32 Å². The molecule has 138 valence electrons. The molecule has 0 spiro atoms. The number of anilines is 1. The van der Waals surface area contributed by atoms with Crippen molar-refractivity contribution in [3.05, 3.63) is 71.2 Å². The van der Waals surface area contributed by atoms with Gasteiger partial charge >= 0.3 is 0 Å². The highest BCUT2D eigenvalue weighted by atomic mass is 79.9. The number of carbonyl (C=O) groups excluding carboxylic acids is 1. The van der Waals surface area contributed by atoms with Crippen LogP contribution in [0.15, 0.2) is 70.8 Å². The third-order valence-electron chi connectivity index (χ3n) is 3.79. The van der Waals surface area contributed by atoms with E-state index in [9.17, 15) is 4.79 Å². The van der Waals surface area contributed by atoms with Crippen LogP contribution in [-0.2, 0) is 11.3 Å². The molecule has 0 fully saturated rings. The largest absolute Gasteiger partial charge is 0.324 e. The van der Waals surface area contributed by atoms with Crippen LogP contribution in [0.25, 0.3) is 11.4 Å². The van der Waals surface area contributed by atoms with Crippen LogP contribution in [0, 0.1) is 6.92 Å². The molecule has 3 aromatic rings. The van der Waals surface area contributed by atoms with Gasteiger partial charge in [-0.3, -0.25) is 9.36 Å². The standard InChI is InChI=1S/C20H19BrN4OS/c1-3-11-25-19(15-7-5-4-6-8-15)23-24-20(25)27-13-18(26)22-17-10-9-14(2)12-16(17)21/h3-10,12H,1,11,13H2,2H3,(H,22,26). The van der Waals surface area contributed by atoms with Crippen molar-refractivity contribution in [1.29, 1.82) is 0 Å². The van der Waals surface area contributed by atoms with E-state index in [1.54, 1.807) is 6.08 Å². The summed E-state index contributed by atoms with van der Waals surface area (Å²) < 4.78 is 2.82. The van der Waals surface area contributed by atoms with Gasteiger partial charge in [-0.05, 0) is 40.5 Å². The van der Waals surface area contributed by atoms with Crippen LogP contribution in [0.4, 0.5) is 5.69 Å². The molecule has 27 heavy (non-hydrogen) atoms. The highest BCUT2D eigenvalue weighted by Crippen LogP contribution is 2.26. The molecule has 0 aliphatic heterocycles. The first-order chi connectivity index (χ1) is 13.1. The van der Waals surface area contributed by atoms with Crippen molar-refractivity contribution in [3.63, 3.8) is 0 Å². The molecule has 1 aromatic heterocycles. The van der Waals surface area contributed by atoms with Crippen molar-refractivity contribution in [2.24, 2.45) is 0 Å². The van der Waals surface area contributed by atoms with Crippen LogP contribution in [0.3, 0.4) is 0 Å². The summed E-state index contributed by atoms with van der Waals surface area (Å²) in [5, 5.41) is 12.2. The number of hydrogen-bond acceptors (Lipinski definition) is 4. The zero-order valence-corrected chi connectivity index (χ0v) is 17.3. The van der Waals surface area contributed by atoms with E-state index >= 15 is 0 Å². The molecule has 1 heterocycles. The Labute approximate surface area is 171 Å². The van der Waals surface area contributed by atoms with Crippen LogP contribution in [0.2, 0.25) is 0 Å². The van der Waals surface area contributed by atoms with Gasteiger partial charge in [-0.2, -0.15) is 0 Å². The molecule has 3 rings (SSSR count). The lowest BCUT2D eigenvalue weighted by molar-refractivity contribution is -0.113. The Bertz CT molecular complexity index is 956. The highest BCUT2D eigenvalue weighted by Gasteiger charge is 2.15. The van der Waals surface area contributed by atoms with Gasteiger partial charge in [0.05, 0.1) is 11.4 Å². The molecule has 0 saturated heterocycles. The Balaban J connectivity index is 1.71. The lowest BCUT2D eigenvalue weighted by atomic mass is 10.2. The molecule has 0 bridgehead atoms. The third-order valence-corrected chi connectivity index (χ3v) is 5.41. The molecule has 0 radical (unpaired) electrons. The molecule has 2 aromatic carbocycles. The number of nitrogens with one attached hydrogen (secondary N) is 1. The second-order valence-electron chi connectivity index (χ2n) is 5.89. The number of carbonyl (C=O) groups is 1. The summed E-state index contributed by atoms with van der Waals surface area (Å²) in [5.74, 6) is 0.906. The lowest BCUT2D eigenvalue weighted by Crippen LogP contribution is -2.15. The minimum absolute atomic E-state index is 0.0982. The average molecular weight is 443 g/mol. The SMILES string of the molecule is C=CCn1c(SCC(=O)Nc2ccc(C)cc2Br)nnc1-c1ccccc1. The van der Waals surface area contributed by atoms with Crippen LogP contribution >= 0.6 is 27.7 Å². The van der Waals surface area contributed by atoms with Gasteiger partial charge in [0, 0.05) is 16.6 Å². The third kappa shape index (κ3) is 4.87. The lowest BCUT2D eigenvalue weighted by Gasteiger charge is -2.09. The number of benzene rings is 2. The number of aromatic nitrogens is 3. The van der Waals surface area contributed by atoms with E-state index in [0.717, 1.165) is 27.1 Å². The fourth-order valence-electron chi connectivity index (χ4n) is 2.53. The van der Waals surface area contributed by atoms with Crippen molar-refractivity contribution in [1.82, 2.24) is 14.8 Å². The normalized spacial score (nSPS) is 10.6. The maximum atomic E-state index is 12.3. The predicted octanol–water partition coefficient (Wildman–Crippen LogP) is 4.93. The number of nitrogens with zero attached hydrogens (tertiary/aromatic N) is 3. The number of halogens is 1. The zero-order valence-electron chi connectivity index (χ0n) is 14.9. The van der Waals surface area contributed by atoms with Crippen molar-refractivity contribution in [3.8, 4) is 11.4 Å². The molecule has 7 heteroatoms. The van der Waals surface area contributed by atoms with E-state index in [0.29, 0.717) is 11.7 Å². The molecule has 0 aliphatic carbocycles. The first-order valence-corrected chi connectivity index (χ1v) is 10.1. The van der Waals surface area contributed by atoms with E-state index in [1.807, 2.05) is 60.0 Å². The number of hydrogen-bond donors (Lipinski definition) is 1. The number of allylic oxidation sites excluding steroid dienone is 1. The Morgan fingerprint density at radius 3 is 2.74 bits per heavy atom. The number of amides is 1. The fourth-order valence-corrected chi connectivity index (χ4v) is 3.87. The Hall–Kier alpha value is -2.38. The first kappa shape index (κ1) is 19.4. The molecule has 0 unspecified atom stereocenters. The fraction of sp³-hybridized carbons (Fsp3) is 0.150. The predicted molar refractivity (Wildman–Crippen MR) is 114 cm³/mol. The molecule has 0 aliphatic rings. The van der Waals surface area contributed by atoms with Gasteiger partial charge in [-0.1, -0.05) is 54.2 Å². The second kappa shape index (κ2) is 9.01. The van der Waals surface area contributed by atoms with E-state index in [4.69, 9.17) is 0 Å². The number of aryl methyl sites for hydroxylation is 1. The minimum Gasteiger partial charge on any atom is -0.324 e. The van der Waals surface area contributed by atoms with Crippen molar-refractivity contribution >= 4 is 39.3 Å². The summed E-state index contributed by atoms with van der Waals surface area (Å²) in [4.78, 5) is 12.3. The molecule has 1 N–H and O–H groups in total. The van der Waals surface area contributed by atoms with E-state index in [2.05, 4.69) is 38.0 Å². The quantitative estimate of drug-likeness (QED) is 0.416. The Kier molecular flexibility index (Phi) is 6.47. The highest BCUT2D eigenvalue weighted by molar-refractivity contribution is 9.10. The van der Waals surface area contributed by atoms with Gasteiger partial charge in [0.25, 0.3) is 0 Å². The smallest absolute Gasteiger partial charge is 0.234 e. The van der Waals surface area contributed by atoms with Gasteiger partial charge in [0.2, 0.25) is 5.91 Å². The number of rotatable bonds is 7. The monoisotopic (exact) mass is 442 g/mol. The summed E-state index contributed by atoms with van der Waals surface area (Å²) in [7, 11) is 0. The van der Waals surface area contributed by atoms with Crippen LogP contribution in [-0.4, -0.2) is 26.4 Å². The van der Waals surface area contributed by atoms with Gasteiger partial charge in [0.15, 0.2) is 11.0 Å². The summed E-state index contributed by atoms with van der Waals surface area (Å²) in [6.45, 7) is 6.39. The van der Waals surface area contributed by atoms with E-state index in [-0.39, 0.29) is 11.7 Å². The molecular formula is C20H19BrN4OS. The van der Waals surface area contributed by atoms with Gasteiger partial charge in [-0.25, -0.2) is 0 Å². The zero-order chi connectivity index (χ0) is 19.2. The molecule has 0 saturated carbocycles. The maximum Gasteiger partial charge on any atom is 0.234 e. The van der Waals surface area contributed by atoms with E-state index in [1.165, 1.54) is 11.8 Å². The summed E-state index contributed by atoms with van der Waals surface area (Å²) in [5.41, 5.74) is 2.86. The number of thioether (sulfide) groups is 1. The first-order valence-electron chi connectivity index (χ1n) is 8.37. The summed E-state index contributed by atoms with van der Waals surface area (Å²) >= 11 is 4.83. The molecule has 5 nitrogen and oxygen atoms in total. The molecular weight excluding hydrogens is 424 g/mol. The second-order valence-corrected chi connectivity index (χ2v) is 7.69. The Morgan fingerprint density at radius 2 is 2.04 bits per heavy atom. The minimum atomic E-state index is -0.0982. The van der Waals surface area contributed by atoms with Crippen molar-refractivity contribution < 1.29 is 4.79 Å². The van der Waals surface area contributed by atoms with Crippen LogP contribution in [0.1, 0.15) is 5.56 Å². The summed E-state index contributed by atoms with van der Waals surface area (Å²) in [6.07, 6.45) is 1.79. The maximum absolute atomic E-state index is 12.3. The molecule has 1 amide bonds. The van der Waals surface area contributed by atoms with E-state index < -0.39 is 0 Å². The Morgan fingerprint density at radius 1 is 1.26 bits per heavy atom. The van der Waals surface area contributed by atoms with Gasteiger partial charge in [-0.15, -0.1) is 16.8 Å². The van der Waals surface area contributed by atoms with Crippen LogP contribution in [0.5, 0.6) is 0 Å². The van der Waals surface area contributed by atoms with Gasteiger partial charge in [0.1, 0.15) is 0 Å². The summed E-state index contributed by atoms with van der Waals surface area (Å²) in [6, 6.07) is 15.7.